The van der Waals surface area contributed by atoms with Crippen molar-refractivity contribution in [3.63, 3.8) is 0 Å². The molecule has 0 bridgehead atoms. The fourth-order valence-electron chi connectivity index (χ4n) is 1.86. The number of rotatable bonds is 5. The Kier molecular flexibility index (Phi) is 5.54. The molecule has 0 aromatic carbocycles. The van der Waals surface area contributed by atoms with Gasteiger partial charge in [-0.25, -0.2) is 4.72 Å². The van der Waals surface area contributed by atoms with E-state index in [1.54, 1.807) is 0 Å². The number of hydrogen-bond donors (Lipinski definition) is 2. The summed E-state index contributed by atoms with van der Waals surface area (Å²) in [6.07, 6.45) is -0.159. The van der Waals surface area contributed by atoms with Crippen LogP contribution < -0.4 is 10.5 Å². The average molecular weight is 279 g/mol. The zero-order valence-electron chi connectivity index (χ0n) is 11.6. The molecule has 1 saturated heterocycles. The first-order valence-corrected chi connectivity index (χ1v) is 7.82. The summed E-state index contributed by atoms with van der Waals surface area (Å²) in [5.41, 5.74) is 5.84. The maximum Gasteiger partial charge on any atom is 0.279 e. The number of hydrogen-bond acceptors (Lipinski definition) is 4. The molecule has 18 heavy (non-hydrogen) atoms. The van der Waals surface area contributed by atoms with E-state index in [1.165, 1.54) is 4.31 Å². The van der Waals surface area contributed by atoms with Gasteiger partial charge in [-0.1, -0.05) is 13.8 Å². The molecule has 0 radical (unpaired) electrons. The lowest BCUT2D eigenvalue weighted by atomic mass is 10.1. The third-order valence-corrected chi connectivity index (χ3v) is 4.59. The molecule has 1 aliphatic heterocycles. The highest BCUT2D eigenvalue weighted by molar-refractivity contribution is 7.87. The third kappa shape index (κ3) is 4.47. The van der Waals surface area contributed by atoms with Gasteiger partial charge in [0.15, 0.2) is 0 Å². The lowest BCUT2D eigenvalue weighted by Gasteiger charge is -2.34. The van der Waals surface area contributed by atoms with Crippen LogP contribution in [0.3, 0.4) is 0 Å². The van der Waals surface area contributed by atoms with Crippen LogP contribution in [-0.4, -0.2) is 50.6 Å². The average Bonchev–Trinajstić information content (AvgIpc) is 2.24. The van der Waals surface area contributed by atoms with E-state index in [9.17, 15) is 8.42 Å². The maximum absolute atomic E-state index is 12.1. The Morgan fingerprint density at radius 1 is 1.33 bits per heavy atom. The van der Waals surface area contributed by atoms with Crippen LogP contribution in [0.4, 0.5) is 0 Å². The minimum Gasteiger partial charge on any atom is -0.373 e. The first-order chi connectivity index (χ1) is 8.22. The van der Waals surface area contributed by atoms with Gasteiger partial charge in [-0.15, -0.1) is 0 Å². The van der Waals surface area contributed by atoms with Crippen molar-refractivity contribution in [3.05, 3.63) is 0 Å². The van der Waals surface area contributed by atoms with Gasteiger partial charge in [-0.3, -0.25) is 0 Å². The molecule has 0 saturated carbocycles. The van der Waals surface area contributed by atoms with Crippen LogP contribution in [0.1, 0.15) is 27.7 Å². The molecular formula is C11H25N3O3S. The molecule has 0 spiro atoms. The van der Waals surface area contributed by atoms with Crippen molar-refractivity contribution in [2.45, 2.75) is 45.9 Å². The molecule has 0 amide bonds. The van der Waals surface area contributed by atoms with Crippen molar-refractivity contribution in [1.29, 1.82) is 0 Å². The number of morpholine rings is 1. The summed E-state index contributed by atoms with van der Waals surface area (Å²) in [5, 5.41) is 0. The minimum atomic E-state index is -3.45. The number of ether oxygens (including phenoxy) is 1. The Hall–Kier alpha value is -0.210. The predicted molar refractivity (Wildman–Crippen MR) is 71.3 cm³/mol. The Labute approximate surface area is 110 Å². The third-order valence-electron chi connectivity index (χ3n) is 3.08. The molecule has 1 aliphatic rings. The smallest absolute Gasteiger partial charge is 0.279 e. The van der Waals surface area contributed by atoms with E-state index in [4.69, 9.17) is 10.5 Å². The summed E-state index contributed by atoms with van der Waals surface area (Å²) in [4.78, 5) is 0. The fraction of sp³-hybridized carbons (Fsp3) is 1.00. The molecule has 0 aromatic heterocycles. The van der Waals surface area contributed by atoms with Crippen molar-refractivity contribution >= 4 is 10.2 Å². The van der Waals surface area contributed by atoms with Crippen LogP contribution >= 0.6 is 0 Å². The fourth-order valence-corrected chi connectivity index (χ4v) is 3.25. The van der Waals surface area contributed by atoms with Crippen LogP contribution in [0.5, 0.6) is 0 Å². The quantitative estimate of drug-likeness (QED) is 0.737. The summed E-state index contributed by atoms with van der Waals surface area (Å²) in [7, 11) is -3.45. The van der Waals surface area contributed by atoms with Crippen LogP contribution in [0, 0.1) is 5.92 Å². The predicted octanol–water partition coefficient (Wildman–Crippen LogP) is -0.0867. The monoisotopic (exact) mass is 279 g/mol. The normalized spacial score (nSPS) is 28.6. The topological polar surface area (TPSA) is 84.7 Å². The lowest BCUT2D eigenvalue weighted by molar-refractivity contribution is -0.0444. The molecule has 3 N–H and O–H groups in total. The molecule has 3 atom stereocenters. The van der Waals surface area contributed by atoms with Gasteiger partial charge in [-0.2, -0.15) is 12.7 Å². The van der Waals surface area contributed by atoms with Crippen LogP contribution in [-0.2, 0) is 14.9 Å². The Bertz CT molecular complexity index is 349. The second-order valence-electron chi connectivity index (χ2n) is 5.34. The molecule has 7 heteroatoms. The van der Waals surface area contributed by atoms with Crippen molar-refractivity contribution in [3.8, 4) is 0 Å². The number of nitrogens with one attached hydrogen (secondary N) is 1. The second-order valence-corrected chi connectivity index (χ2v) is 7.09. The second kappa shape index (κ2) is 6.29. The van der Waals surface area contributed by atoms with Gasteiger partial charge in [0, 0.05) is 25.7 Å². The van der Waals surface area contributed by atoms with E-state index < -0.39 is 10.2 Å². The molecule has 0 aromatic rings. The van der Waals surface area contributed by atoms with Gasteiger partial charge in [-0.05, 0) is 19.8 Å². The molecule has 0 aliphatic carbocycles. The van der Waals surface area contributed by atoms with Gasteiger partial charge >= 0.3 is 0 Å². The summed E-state index contributed by atoms with van der Waals surface area (Å²) in [6.45, 7) is 8.72. The number of nitrogens with zero attached hydrogens (tertiary/aromatic N) is 1. The summed E-state index contributed by atoms with van der Waals surface area (Å²) in [5.74, 6) is 0.246. The SMILES string of the molecule is CC1CN(S(=O)(=O)NCC(N)C(C)C)CC(C)O1. The molecule has 1 fully saturated rings. The van der Waals surface area contributed by atoms with Crippen molar-refractivity contribution in [2.75, 3.05) is 19.6 Å². The zero-order valence-corrected chi connectivity index (χ0v) is 12.4. The van der Waals surface area contributed by atoms with Crippen LogP contribution in [0.15, 0.2) is 0 Å². The molecular weight excluding hydrogens is 254 g/mol. The highest BCUT2D eigenvalue weighted by Gasteiger charge is 2.31. The highest BCUT2D eigenvalue weighted by atomic mass is 32.2. The number of nitrogens with two attached hydrogens (primary N) is 1. The Morgan fingerprint density at radius 2 is 1.83 bits per heavy atom. The zero-order chi connectivity index (χ0) is 13.9. The maximum atomic E-state index is 12.1. The summed E-state index contributed by atoms with van der Waals surface area (Å²) < 4.78 is 33.7. The van der Waals surface area contributed by atoms with E-state index in [-0.39, 0.29) is 30.7 Å². The van der Waals surface area contributed by atoms with E-state index in [0.717, 1.165) is 0 Å². The first-order valence-electron chi connectivity index (χ1n) is 6.38. The van der Waals surface area contributed by atoms with Crippen LogP contribution in [0.2, 0.25) is 0 Å². The van der Waals surface area contributed by atoms with Gasteiger partial charge in [0.1, 0.15) is 0 Å². The largest absolute Gasteiger partial charge is 0.373 e. The van der Waals surface area contributed by atoms with Crippen molar-refractivity contribution in [2.24, 2.45) is 11.7 Å². The van der Waals surface area contributed by atoms with E-state index in [1.807, 2.05) is 27.7 Å². The molecule has 1 heterocycles. The van der Waals surface area contributed by atoms with E-state index >= 15 is 0 Å². The molecule has 1 rings (SSSR count). The lowest BCUT2D eigenvalue weighted by Crippen LogP contribution is -2.53. The minimum absolute atomic E-state index is 0.0795. The van der Waals surface area contributed by atoms with Gasteiger partial charge in [0.25, 0.3) is 10.2 Å². The van der Waals surface area contributed by atoms with Gasteiger partial charge in [0.2, 0.25) is 0 Å². The van der Waals surface area contributed by atoms with E-state index in [2.05, 4.69) is 4.72 Å². The standard InChI is InChI=1S/C11H25N3O3S/c1-8(2)11(12)5-13-18(15,16)14-6-9(3)17-10(4)7-14/h8-11,13H,5-7,12H2,1-4H3. The first kappa shape index (κ1) is 15.8. The molecule has 108 valence electrons. The van der Waals surface area contributed by atoms with E-state index in [0.29, 0.717) is 13.1 Å². The molecule has 3 unspecified atom stereocenters. The summed E-state index contributed by atoms with van der Waals surface area (Å²) >= 11 is 0. The van der Waals surface area contributed by atoms with Crippen molar-refractivity contribution < 1.29 is 13.2 Å². The Morgan fingerprint density at radius 3 is 2.28 bits per heavy atom. The van der Waals surface area contributed by atoms with Gasteiger partial charge < -0.3 is 10.5 Å². The van der Waals surface area contributed by atoms with Crippen LogP contribution in [0.25, 0.3) is 0 Å². The van der Waals surface area contributed by atoms with Gasteiger partial charge in [0.05, 0.1) is 12.2 Å². The Balaban J connectivity index is 2.57. The highest BCUT2D eigenvalue weighted by Crippen LogP contribution is 2.13. The molecule has 6 nitrogen and oxygen atoms in total. The summed E-state index contributed by atoms with van der Waals surface area (Å²) in [6, 6.07) is -0.171. The van der Waals surface area contributed by atoms with Crippen molar-refractivity contribution in [1.82, 2.24) is 9.03 Å².